The molecule has 1 aliphatic rings. The van der Waals surface area contributed by atoms with Crippen LogP contribution in [0.15, 0.2) is 11.2 Å². The van der Waals surface area contributed by atoms with Gasteiger partial charge in [0.1, 0.15) is 0 Å². The van der Waals surface area contributed by atoms with Crippen LogP contribution in [0.3, 0.4) is 0 Å². The van der Waals surface area contributed by atoms with Gasteiger partial charge in [0.25, 0.3) is 0 Å². The molecule has 0 aromatic carbocycles. The lowest BCUT2D eigenvalue weighted by molar-refractivity contribution is 0.105. The van der Waals surface area contributed by atoms with Crippen LogP contribution in [0.4, 0.5) is 0 Å². The van der Waals surface area contributed by atoms with Crippen molar-refractivity contribution in [3.8, 4) is 0 Å². The lowest BCUT2D eigenvalue weighted by Gasteiger charge is -2.30. The third-order valence-corrected chi connectivity index (χ3v) is 5.77. The van der Waals surface area contributed by atoms with Gasteiger partial charge in [0.05, 0.1) is 5.01 Å². The minimum atomic E-state index is 0.374. The first-order valence-corrected chi connectivity index (χ1v) is 9.93. The van der Waals surface area contributed by atoms with E-state index in [1.165, 1.54) is 35.6 Å². The van der Waals surface area contributed by atoms with E-state index in [1.54, 1.807) is 11.3 Å². The number of nitrogens with one attached hydrogen (secondary N) is 2. The van der Waals surface area contributed by atoms with Crippen LogP contribution in [-0.2, 0) is 11.2 Å². The van der Waals surface area contributed by atoms with Gasteiger partial charge in [0.2, 0.25) is 0 Å². The van der Waals surface area contributed by atoms with E-state index < -0.39 is 0 Å². The van der Waals surface area contributed by atoms with Crippen LogP contribution in [0, 0.1) is 12.3 Å². The molecule has 6 heteroatoms. The molecule has 1 saturated carbocycles. The fraction of sp³-hybridized carbons (Fsp3) is 0.778. The van der Waals surface area contributed by atoms with Crippen LogP contribution in [0.25, 0.3) is 0 Å². The average Bonchev–Trinajstić information content (AvgIpc) is 3.21. The Kier molecular flexibility index (Phi) is 7.99. The second kappa shape index (κ2) is 9.99. The number of rotatable bonds is 9. The van der Waals surface area contributed by atoms with Crippen molar-refractivity contribution in [2.45, 2.75) is 52.4 Å². The van der Waals surface area contributed by atoms with Gasteiger partial charge in [0.15, 0.2) is 5.96 Å². The fourth-order valence-corrected chi connectivity index (χ4v) is 4.16. The van der Waals surface area contributed by atoms with E-state index in [9.17, 15) is 0 Å². The van der Waals surface area contributed by atoms with Gasteiger partial charge < -0.3 is 15.4 Å². The van der Waals surface area contributed by atoms with E-state index in [0.717, 1.165) is 45.1 Å². The lowest BCUT2D eigenvalue weighted by atomic mass is 9.83. The summed E-state index contributed by atoms with van der Waals surface area (Å²) in [5, 5.41) is 8.13. The number of aliphatic imine (C=N–C) groups is 1. The quantitative estimate of drug-likeness (QED) is 0.407. The highest BCUT2D eigenvalue weighted by Gasteiger charge is 2.33. The molecule has 0 spiro atoms. The average molecular weight is 353 g/mol. The molecule has 24 heavy (non-hydrogen) atoms. The molecule has 0 aliphatic heterocycles. The molecule has 0 unspecified atom stereocenters. The third-order valence-electron chi connectivity index (χ3n) is 4.80. The molecule has 1 aromatic rings. The Morgan fingerprint density at radius 3 is 2.79 bits per heavy atom. The number of nitrogens with zero attached hydrogens (tertiary/aromatic N) is 2. The van der Waals surface area contributed by atoms with Gasteiger partial charge in [0, 0.05) is 50.8 Å². The third kappa shape index (κ3) is 6.06. The zero-order chi connectivity index (χ0) is 17.3. The normalized spacial score (nSPS) is 17.2. The van der Waals surface area contributed by atoms with Gasteiger partial charge in [-0.15, -0.1) is 11.3 Å². The molecule has 0 atom stereocenters. The number of guanidine groups is 1. The number of ether oxygens (including phenoxy) is 1. The highest BCUT2D eigenvalue weighted by Crippen LogP contribution is 2.40. The summed E-state index contributed by atoms with van der Waals surface area (Å²) in [4.78, 5) is 10.0. The molecule has 1 heterocycles. The molecule has 1 aliphatic carbocycles. The second-order valence-electron chi connectivity index (χ2n) is 6.62. The van der Waals surface area contributed by atoms with Crippen molar-refractivity contribution in [1.29, 1.82) is 0 Å². The predicted octanol–water partition coefficient (Wildman–Crippen LogP) is 3.15. The number of thiazole rings is 1. The Morgan fingerprint density at radius 2 is 2.17 bits per heavy atom. The molecule has 0 amide bonds. The van der Waals surface area contributed by atoms with Crippen molar-refractivity contribution >= 4 is 17.3 Å². The Balaban J connectivity index is 1.74. The van der Waals surface area contributed by atoms with E-state index in [0.29, 0.717) is 5.41 Å². The highest BCUT2D eigenvalue weighted by molar-refractivity contribution is 7.11. The van der Waals surface area contributed by atoms with Crippen molar-refractivity contribution < 1.29 is 4.74 Å². The first-order valence-electron chi connectivity index (χ1n) is 9.11. The number of aromatic nitrogens is 1. The standard InChI is InChI=1S/C18H32N4OS/c1-4-23-12-10-18(8-5-6-9-18)14-22-17(19-3)20-11-7-16-21-13-15(2)24-16/h13H,4-12,14H2,1-3H3,(H2,19,20,22). The molecule has 1 fully saturated rings. The van der Waals surface area contributed by atoms with Crippen LogP contribution in [0.2, 0.25) is 0 Å². The van der Waals surface area contributed by atoms with Crippen molar-refractivity contribution in [3.05, 3.63) is 16.1 Å². The van der Waals surface area contributed by atoms with Crippen molar-refractivity contribution in [2.24, 2.45) is 10.4 Å². The Morgan fingerprint density at radius 1 is 1.38 bits per heavy atom. The molecule has 5 nitrogen and oxygen atoms in total. The molecule has 0 bridgehead atoms. The van der Waals surface area contributed by atoms with E-state index in [4.69, 9.17) is 4.74 Å². The summed E-state index contributed by atoms with van der Waals surface area (Å²) in [6.45, 7) is 7.68. The first kappa shape index (κ1) is 19.2. The lowest BCUT2D eigenvalue weighted by Crippen LogP contribution is -2.44. The summed E-state index contributed by atoms with van der Waals surface area (Å²) in [7, 11) is 1.84. The van der Waals surface area contributed by atoms with Gasteiger partial charge in [-0.05, 0) is 38.5 Å². The monoisotopic (exact) mass is 352 g/mol. The minimum absolute atomic E-state index is 0.374. The van der Waals surface area contributed by atoms with Crippen molar-refractivity contribution in [2.75, 3.05) is 33.4 Å². The fourth-order valence-electron chi connectivity index (χ4n) is 3.37. The Labute approximate surface area is 150 Å². The maximum Gasteiger partial charge on any atom is 0.191 e. The van der Waals surface area contributed by atoms with Crippen LogP contribution in [-0.4, -0.2) is 44.3 Å². The Hall–Kier alpha value is -1.14. The molecule has 0 saturated heterocycles. The SMILES string of the molecule is CCOCCC1(CNC(=NC)NCCc2ncc(C)s2)CCCC1. The second-order valence-corrected chi connectivity index (χ2v) is 7.94. The van der Waals surface area contributed by atoms with Crippen LogP contribution < -0.4 is 10.6 Å². The topological polar surface area (TPSA) is 58.5 Å². The minimum Gasteiger partial charge on any atom is -0.382 e. The van der Waals surface area contributed by atoms with E-state index in [2.05, 4.69) is 34.5 Å². The molecule has 0 radical (unpaired) electrons. The summed E-state index contributed by atoms with van der Waals surface area (Å²) in [6, 6.07) is 0. The number of hydrogen-bond donors (Lipinski definition) is 2. The number of hydrogen-bond acceptors (Lipinski definition) is 4. The van der Waals surface area contributed by atoms with Gasteiger partial charge in [-0.25, -0.2) is 4.98 Å². The van der Waals surface area contributed by atoms with E-state index in [-0.39, 0.29) is 0 Å². The molecule has 136 valence electrons. The van der Waals surface area contributed by atoms with Crippen LogP contribution >= 0.6 is 11.3 Å². The maximum atomic E-state index is 5.59. The zero-order valence-corrected chi connectivity index (χ0v) is 16.2. The summed E-state index contributed by atoms with van der Waals surface area (Å²) >= 11 is 1.77. The van der Waals surface area contributed by atoms with E-state index >= 15 is 0 Å². The highest BCUT2D eigenvalue weighted by atomic mass is 32.1. The molecule has 2 rings (SSSR count). The molecule has 1 aromatic heterocycles. The summed E-state index contributed by atoms with van der Waals surface area (Å²) in [5.41, 5.74) is 0.374. The first-order chi connectivity index (χ1) is 11.7. The molecule has 2 N–H and O–H groups in total. The van der Waals surface area contributed by atoms with Gasteiger partial charge >= 0.3 is 0 Å². The Bertz CT molecular complexity index is 509. The van der Waals surface area contributed by atoms with Gasteiger partial charge in [-0.2, -0.15) is 0 Å². The van der Waals surface area contributed by atoms with Crippen molar-refractivity contribution in [3.63, 3.8) is 0 Å². The summed E-state index contributed by atoms with van der Waals surface area (Å²) in [6.07, 6.45) is 9.28. The summed E-state index contributed by atoms with van der Waals surface area (Å²) in [5.74, 6) is 0.894. The molecular formula is C18H32N4OS. The zero-order valence-electron chi connectivity index (χ0n) is 15.4. The smallest absolute Gasteiger partial charge is 0.191 e. The predicted molar refractivity (Wildman–Crippen MR) is 102 cm³/mol. The molecular weight excluding hydrogens is 320 g/mol. The largest absolute Gasteiger partial charge is 0.382 e. The van der Waals surface area contributed by atoms with Crippen molar-refractivity contribution in [1.82, 2.24) is 15.6 Å². The van der Waals surface area contributed by atoms with Gasteiger partial charge in [-0.1, -0.05) is 12.8 Å². The van der Waals surface area contributed by atoms with Crippen LogP contribution in [0.1, 0.15) is 48.9 Å². The van der Waals surface area contributed by atoms with Crippen LogP contribution in [0.5, 0.6) is 0 Å². The summed E-state index contributed by atoms with van der Waals surface area (Å²) < 4.78 is 5.59. The number of aryl methyl sites for hydroxylation is 1. The van der Waals surface area contributed by atoms with E-state index in [1.807, 2.05) is 13.2 Å². The van der Waals surface area contributed by atoms with Gasteiger partial charge in [-0.3, -0.25) is 4.99 Å². The maximum absolute atomic E-state index is 5.59.